The summed E-state index contributed by atoms with van der Waals surface area (Å²) in [5, 5.41) is 0.733. The third-order valence-electron chi connectivity index (χ3n) is 4.83. The Hall–Kier alpha value is -1.19. The van der Waals surface area contributed by atoms with Gasteiger partial charge in [-0.2, -0.15) is 23.5 Å². The predicted molar refractivity (Wildman–Crippen MR) is 127 cm³/mol. The molecule has 0 aromatic heterocycles. The van der Waals surface area contributed by atoms with Crippen molar-refractivity contribution in [1.82, 2.24) is 0 Å². The first kappa shape index (κ1) is 23.1. The molecular formula is C25H34OS2. The summed E-state index contributed by atoms with van der Waals surface area (Å²) in [7, 11) is 0. The van der Waals surface area contributed by atoms with Gasteiger partial charge in [-0.05, 0) is 43.1 Å². The Labute approximate surface area is 180 Å². The molecule has 0 saturated carbocycles. The molecule has 0 radical (unpaired) electrons. The summed E-state index contributed by atoms with van der Waals surface area (Å²) in [5.74, 6) is 3.78. The number of benzene rings is 2. The van der Waals surface area contributed by atoms with Gasteiger partial charge in [0.15, 0.2) is 0 Å². The zero-order chi connectivity index (χ0) is 19.9. The minimum Gasteiger partial charge on any atom is -0.300 e. The minimum atomic E-state index is 0.326. The molecule has 2 rings (SSSR count). The molecule has 0 N–H and O–H groups in total. The molecule has 0 fully saturated rings. The molecule has 0 heterocycles. The van der Waals surface area contributed by atoms with Crippen molar-refractivity contribution >= 4 is 29.3 Å². The number of carbonyl (C=O) groups is 1. The predicted octanol–water partition coefficient (Wildman–Crippen LogP) is 7.54. The van der Waals surface area contributed by atoms with Crippen molar-refractivity contribution in [2.75, 3.05) is 5.75 Å². The molecule has 1 unspecified atom stereocenters. The van der Waals surface area contributed by atoms with Crippen LogP contribution in [0.1, 0.15) is 63.0 Å². The molecule has 1 atom stereocenters. The summed E-state index contributed by atoms with van der Waals surface area (Å²) in [6, 6.07) is 21.6. The van der Waals surface area contributed by atoms with E-state index in [0.717, 1.165) is 29.6 Å². The van der Waals surface area contributed by atoms with E-state index in [1.165, 1.54) is 49.0 Å². The number of ketones is 1. The first-order valence-corrected chi connectivity index (χ1v) is 12.7. The van der Waals surface area contributed by atoms with Crippen LogP contribution in [0, 0.1) is 0 Å². The van der Waals surface area contributed by atoms with Crippen LogP contribution in [0.25, 0.3) is 0 Å². The fraction of sp³-hybridized carbons (Fsp3) is 0.480. The first-order chi connectivity index (χ1) is 13.7. The normalized spacial score (nSPS) is 12.0. The Bertz CT molecular complexity index is 642. The van der Waals surface area contributed by atoms with Gasteiger partial charge in [0, 0.05) is 23.2 Å². The topological polar surface area (TPSA) is 17.1 Å². The second-order valence-corrected chi connectivity index (χ2v) is 9.79. The average Bonchev–Trinajstić information content (AvgIpc) is 2.72. The number of rotatable bonds is 15. The third kappa shape index (κ3) is 11.0. The molecule has 0 aliphatic heterocycles. The lowest BCUT2D eigenvalue weighted by molar-refractivity contribution is -0.117. The maximum absolute atomic E-state index is 11.0. The molecule has 152 valence electrons. The summed E-state index contributed by atoms with van der Waals surface area (Å²) in [6.07, 6.45) is 8.12. The Kier molecular flexibility index (Phi) is 12.2. The third-order valence-corrected chi connectivity index (χ3v) is 7.33. The zero-order valence-corrected chi connectivity index (χ0v) is 18.8. The van der Waals surface area contributed by atoms with Crippen LogP contribution in [0.5, 0.6) is 0 Å². The van der Waals surface area contributed by atoms with E-state index in [1.807, 2.05) is 0 Å². The van der Waals surface area contributed by atoms with Crippen LogP contribution in [-0.4, -0.2) is 16.8 Å². The highest BCUT2D eigenvalue weighted by atomic mass is 32.2. The van der Waals surface area contributed by atoms with Crippen molar-refractivity contribution < 1.29 is 4.79 Å². The smallest absolute Gasteiger partial charge is 0.129 e. The lowest BCUT2D eigenvalue weighted by Gasteiger charge is -2.17. The summed E-state index contributed by atoms with van der Waals surface area (Å²) < 4.78 is 0. The van der Waals surface area contributed by atoms with Gasteiger partial charge in [-0.1, -0.05) is 79.9 Å². The van der Waals surface area contributed by atoms with E-state index < -0.39 is 0 Å². The molecule has 0 aliphatic carbocycles. The Morgan fingerprint density at radius 1 is 0.786 bits per heavy atom. The fourth-order valence-corrected chi connectivity index (χ4v) is 5.59. The van der Waals surface area contributed by atoms with Crippen LogP contribution in [0.3, 0.4) is 0 Å². The SMILES string of the molecule is CC(=O)CCCCCCC(CCSCc1ccccc1)SCc1ccccc1. The highest BCUT2D eigenvalue weighted by molar-refractivity contribution is 7.99. The molecule has 28 heavy (non-hydrogen) atoms. The van der Waals surface area contributed by atoms with E-state index in [9.17, 15) is 4.79 Å². The van der Waals surface area contributed by atoms with Crippen LogP contribution < -0.4 is 0 Å². The monoisotopic (exact) mass is 414 g/mol. The Morgan fingerprint density at radius 3 is 2.04 bits per heavy atom. The largest absolute Gasteiger partial charge is 0.300 e. The molecule has 0 spiro atoms. The van der Waals surface area contributed by atoms with Crippen LogP contribution in [0.4, 0.5) is 0 Å². The van der Waals surface area contributed by atoms with Gasteiger partial charge in [-0.15, -0.1) is 0 Å². The van der Waals surface area contributed by atoms with Crippen molar-refractivity contribution in [3.8, 4) is 0 Å². The van der Waals surface area contributed by atoms with Gasteiger partial charge in [-0.25, -0.2) is 0 Å². The highest BCUT2D eigenvalue weighted by Crippen LogP contribution is 2.27. The quantitative estimate of drug-likeness (QED) is 0.280. The Morgan fingerprint density at radius 2 is 1.39 bits per heavy atom. The van der Waals surface area contributed by atoms with E-state index in [0.29, 0.717) is 5.78 Å². The molecule has 3 heteroatoms. The number of thioether (sulfide) groups is 2. The van der Waals surface area contributed by atoms with Crippen molar-refractivity contribution in [1.29, 1.82) is 0 Å². The fourth-order valence-electron chi connectivity index (χ4n) is 3.18. The summed E-state index contributed by atoms with van der Waals surface area (Å²) >= 11 is 4.18. The summed E-state index contributed by atoms with van der Waals surface area (Å²) in [6.45, 7) is 1.70. The van der Waals surface area contributed by atoms with E-state index in [1.54, 1.807) is 6.92 Å². The number of Topliss-reactive ketones (excluding diaryl/α,β-unsaturated/α-hetero) is 1. The molecule has 0 saturated heterocycles. The molecule has 0 amide bonds. The Balaban J connectivity index is 1.68. The standard InChI is InChI=1S/C25H34OS2/c1-22(26)12-6-2-3-11-17-25(28-21-24-15-9-5-10-16-24)18-19-27-20-23-13-7-4-8-14-23/h4-5,7-10,13-16,25H,2-3,6,11-12,17-21H2,1H3. The van der Waals surface area contributed by atoms with E-state index in [-0.39, 0.29) is 0 Å². The minimum absolute atomic E-state index is 0.326. The molecule has 1 nitrogen and oxygen atoms in total. The first-order valence-electron chi connectivity index (χ1n) is 10.5. The van der Waals surface area contributed by atoms with Crippen LogP contribution in [-0.2, 0) is 16.3 Å². The number of carbonyl (C=O) groups excluding carboxylic acids is 1. The van der Waals surface area contributed by atoms with Gasteiger partial charge in [0.25, 0.3) is 0 Å². The van der Waals surface area contributed by atoms with Crippen LogP contribution in [0.15, 0.2) is 60.7 Å². The average molecular weight is 415 g/mol. The van der Waals surface area contributed by atoms with Crippen LogP contribution in [0.2, 0.25) is 0 Å². The molecule has 2 aromatic carbocycles. The maximum atomic E-state index is 11.0. The molecular weight excluding hydrogens is 380 g/mol. The van der Waals surface area contributed by atoms with E-state index >= 15 is 0 Å². The zero-order valence-electron chi connectivity index (χ0n) is 17.1. The van der Waals surface area contributed by atoms with Gasteiger partial charge >= 0.3 is 0 Å². The molecule has 0 aliphatic rings. The molecule has 2 aromatic rings. The second kappa shape index (κ2) is 14.8. The molecule has 0 bridgehead atoms. The van der Waals surface area contributed by atoms with Gasteiger partial charge in [-0.3, -0.25) is 0 Å². The van der Waals surface area contributed by atoms with Crippen molar-refractivity contribution in [3.63, 3.8) is 0 Å². The van der Waals surface area contributed by atoms with Crippen LogP contribution >= 0.6 is 23.5 Å². The lowest BCUT2D eigenvalue weighted by Crippen LogP contribution is -2.05. The number of hydrogen-bond acceptors (Lipinski definition) is 3. The van der Waals surface area contributed by atoms with Gasteiger partial charge in [0.05, 0.1) is 0 Å². The van der Waals surface area contributed by atoms with E-state index in [2.05, 4.69) is 84.2 Å². The maximum Gasteiger partial charge on any atom is 0.129 e. The second-order valence-electron chi connectivity index (χ2n) is 7.40. The van der Waals surface area contributed by atoms with Gasteiger partial charge in [0.2, 0.25) is 0 Å². The van der Waals surface area contributed by atoms with Crippen molar-refractivity contribution in [3.05, 3.63) is 71.8 Å². The summed E-state index contributed by atoms with van der Waals surface area (Å²) in [5.41, 5.74) is 2.85. The number of hydrogen-bond donors (Lipinski definition) is 0. The van der Waals surface area contributed by atoms with E-state index in [4.69, 9.17) is 0 Å². The highest BCUT2D eigenvalue weighted by Gasteiger charge is 2.10. The van der Waals surface area contributed by atoms with Gasteiger partial charge in [0.1, 0.15) is 5.78 Å². The number of unbranched alkanes of at least 4 members (excludes halogenated alkanes) is 3. The lowest BCUT2D eigenvalue weighted by atomic mass is 10.1. The van der Waals surface area contributed by atoms with Gasteiger partial charge < -0.3 is 4.79 Å². The van der Waals surface area contributed by atoms with Crippen molar-refractivity contribution in [2.24, 2.45) is 0 Å². The van der Waals surface area contributed by atoms with Crippen molar-refractivity contribution in [2.45, 2.75) is 68.6 Å². The summed E-state index contributed by atoms with van der Waals surface area (Å²) in [4.78, 5) is 11.0.